The van der Waals surface area contributed by atoms with Gasteiger partial charge in [0.1, 0.15) is 0 Å². The van der Waals surface area contributed by atoms with Gasteiger partial charge in [-0.15, -0.1) is 11.8 Å². The molecule has 0 saturated carbocycles. The molecule has 0 fully saturated rings. The maximum Gasteiger partial charge on any atom is 0.238 e. The lowest BCUT2D eigenvalue weighted by Crippen LogP contribution is -2.28. The van der Waals surface area contributed by atoms with Crippen molar-refractivity contribution in [2.24, 2.45) is 5.14 Å². The number of benzene rings is 1. The molecule has 8 heteroatoms. The number of nitrogens with one attached hydrogen (secondary N) is 1. The molecule has 122 valence electrons. The molecule has 0 saturated heterocycles. The minimum Gasteiger partial charge on any atom is -0.349 e. The molecule has 3 N–H and O–H groups in total. The first-order chi connectivity index (χ1) is 10.9. The van der Waals surface area contributed by atoms with Crippen LogP contribution in [0.3, 0.4) is 0 Å². The van der Waals surface area contributed by atoms with Crippen molar-refractivity contribution in [3.8, 4) is 0 Å². The van der Waals surface area contributed by atoms with E-state index in [1.54, 1.807) is 24.5 Å². The van der Waals surface area contributed by atoms with Crippen molar-refractivity contribution in [1.29, 1.82) is 0 Å². The van der Waals surface area contributed by atoms with E-state index >= 15 is 0 Å². The predicted octanol–water partition coefficient (Wildman–Crippen LogP) is 1.70. The van der Waals surface area contributed by atoms with Gasteiger partial charge in [-0.2, -0.15) is 0 Å². The van der Waals surface area contributed by atoms with Crippen LogP contribution in [0, 0.1) is 0 Å². The van der Waals surface area contributed by atoms with E-state index in [-0.39, 0.29) is 16.8 Å². The van der Waals surface area contributed by atoms with Gasteiger partial charge in [-0.3, -0.25) is 9.78 Å². The molecule has 2 rings (SSSR count). The minimum atomic E-state index is -3.70. The Balaban J connectivity index is 1.90. The van der Waals surface area contributed by atoms with Crippen LogP contribution in [0.4, 0.5) is 0 Å². The SMILES string of the molecule is CC(NC(=O)CSc1ccncc1)c1ccc(S(N)(=O)=O)cc1. The van der Waals surface area contributed by atoms with Crippen LogP contribution >= 0.6 is 11.8 Å². The molecule has 1 unspecified atom stereocenters. The second-order valence-corrected chi connectivity index (χ2v) is 7.49. The highest BCUT2D eigenvalue weighted by molar-refractivity contribution is 8.00. The Morgan fingerprint density at radius 2 is 1.83 bits per heavy atom. The average Bonchev–Trinajstić information content (AvgIpc) is 2.53. The zero-order chi connectivity index (χ0) is 16.9. The number of sulfonamides is 1. The summed E-state index contributed by atoms with van der Waals surface area (Å²) in [5.74, 6) is 0.193. The Kier molecular flexibility index (Phi) is 5.75. The molecule has 1 amide bonds. The second-order valence-electron chi connectivity index (χ2n) is 4.87. The van der Waals surface area contributed by atoms with E-state index in [1.807, 2.05) is 19.1 Å². The van der Waals surface area contributed by atoms with Gasteiger partial charge in [0.15, 0.2) is 0 Å². The smallest absolute Gasteiger partial charge is 0.238 e. The third kappa shape index (κ3) is 5.34. The van der Waals surface area contributed by atoms with Crippen molar-refractivity contribution < 1.29 is 13.2 Å². The van der Waals surface area contributed by atoms with Gasteiger partial charge >= 0.3 is 0 Å². The van der Waals surface area contributed by atoms with E-state index in [9.17, 15) is 13.2 Å². The maximum atomic E-state index is 12.0. The topological polar surface area (TPSA) is 102 Å². The standard InChI is InChI=1S/C15H17N3O3S2/c1-11(12-2-4-14(5-3-12)23(16,20)21)18-15(19)10-22-13-6-8-17-9-7-13/h2-9,11H,10H2,1H3,(H,18,19)(H2,16,20,21). The highest BCUT2D eigenvalue weighted by atomic mass is 32.2. The number of aromatic nitrogens is 1. The van der Waals surface area contributed by atoms with E-state index in [2.05, 4.69) is 10.3 Å². The number of thioether (sulfide) groups is 1. The Bertz CT molecular complexity index is 762. The third-order valence-electron chi connectivity index (χ3n) is 3.11. The van der Waals surface area contributed by atoms with E-state index in [4.69, 9.17) is 5.14 Å². The van der Waals surface area contributed by atoms with Gasteiger partial charge in [-0.25, -0.2) is 13.6 Å². The summed E-state index contributed by atoms with van der Waals surface area (Å²) < 4.78 is 22.4. The van der Waals surface area contributed by atoms with E-state index < -0.39 is 10.0 Å². The summed E-state index contributed by atoms with van der Waals surface area (Å²) in [5, 5.41) is 7.92. The molecule has 0 bridgehead atoms. The molecule has 1 atom stereocenters. The molecular weight excluding hydrogens is 334 g/mol. The normalized spacial score (nSPS) is 12.6. The lowest BCUT2D eigenvalue weighted by Gasteiger charge is -2.14. The highest BCUT2D eigenvalue weighted by Crippen LogP contribution is 2.18. The third-order valence-corrected chi connectivity index (χ3v) is 5.05. The predicted molar refractivity (Wildman–Crippen MR) is 89.3 cm³/mol. The number of pyridine rings is 1. The number of hydrogen-bond donors (Lipinski definition) is 2. The fourth-order valence-corrected chi connectivity index (χ4v) is 3.11. The molecule has 0 spiro atoms. The van der Waals surface area contributed by atoms with Crippen LogP contribution in [0.1, 0.15) is 18.5 Å². The number of nitrogens with two attached hydrogens (primary N) is 1. The number of amides is 1. The molecular formula is C15H17N3O3S2. The zero-order valence-corrected chi connectivity index (χ0v) is 14.1. The second kappa shape index (κ2) is 7.58. The Labute approximate surface area is 139 Å². The number of hydrogen-bond acceptors (Lipinski definition) is 5. The fourth-order valence-electron chi connectivity index (χ4n) is 1.90. The summed E-state index contributed by atoms with van der Waals surface area (Å²) in [6.45, 7) is 1.83. The fraction of sp³-hybridized carbons (Fsp3) is 0.200. The van der Waals surface area contributed by atoms with Crippen molar-refractivity contribution in [1.82, 2.24) is 10.3 Å². The zero-order valence-electron chi connectivity index (χ0n) is 12.5. The highest BCUT2D eigenvalue weighted by Gasteiger charge is 2.12. The summed E-state index contributed by atoms with van der Waals surface area (Å²) >= 11 is 1.42. The monoisotopic (exact) mass is 351 g/mol. The Hall–Kier alpha value is -1.90. The van der Waals surface area contributed by atoms with Crippen LogP contribution in [0.5, 0.6) is 0 Å². The first kappa shape index (κ1) is 17.5. The summed E-state index contributed by atoms with van der Waals surface area (Å²) in [6.07, 6.45) is 3.35. The van der Waals surface area contributed by atoms with Gasteiger partial charge in [-0.1, -0.05) is 12.1 Å². The molecule has 1 heterocycles. The summed E-state index contributed by atoms with van der Waals surface area (Å²) in [7, 11) is -3.70. The van der Waals surface area contributed by atoms with Gasteiger partial charge in [0.25, 0.3) is 0 Å². The summed E-state index contributed by atoms with van der Waals surface area (Å²) in [4.78, 5) is 16.9. The molecule has 1 aromatic carbocycles. The quantitative estimate of drug-likeness (QED) is 0.771. The van der Waals surface area contributed by atoms with Crippen LogP contribution in [0.25, 0.3) is 0 Å². The first-order valence-electron chi connectivity index (χ1n) is 6.81. The van der Waals surface area contributed by atoms with Crippen LogP contribution in [0.15, 0.2) is 58.6 Å². The molecule has 23 heavy (non-hydrogen) atoms. The van der Waals surface area contributed by atoms with Crippen LogP contribution in [-0.2, 0) is 14.8 Å². The first-order valence-corrected chi connectivity index (χ1v) is 9.34. The van der Waals surface area contributed by atoms with Crippen molar-refractivity contribution in [3.05, 3.63) is 54.4 Å². The van der Waals surface area contributed by atoms with Gasteiger partial charge in [0, 0.05) is 17.3 Å². The molecule has 2 aromatic rings. The minimum absolute atomic E-state index is 0.0491. The Morgan fingerprint density at radius 1 is 1.22 bits per heavy atom. The van der Waals surface area contributed by atoms with Crippen LogP contribution in [-0.4, -0.2) is 25.1 Å². The molecule has 0 aliphatic carbocycles. The molecule has 6 nitrogen and oxygen atoms in total. The van der Waals surface area contributed by atoms with Crippen molar-refractivity contribution >= 4 is 27.7 Å². The summed E-state index contributed by atoms with van der Waals surface area (Å²) in [5.41, 5.74) is 0.805. The number of carbonyl (C=O) groups is 1. The van der Waals surface area contributed by atoms with E-state index in [1.165, 1.54) is 23.9 Å². The van der Waals surface area contributed by atoms with E-state index in [0.29, 0.717) is 5.75 Å². The summed E-state index contributed by atoms with van der Waals surface area (Å²) in [6, 6.07) is 9.59. The average molecular weight is 351 g/mol. The van der Waals surface area contributed by atoms with Crippen molar-refractivity contribution in [2.75, 3.05) is 5.75 Å². The number of rotatable bonds is 6. The van der Waals surface area contributed by atoms with Gasteiger partial charge in [-0.05, 0) is 36.8 Å². The van der Waals surface area contributed by atoms with Crippen molar-refractivity contribution in [2.45, 2.75) is 22.8 Å². The largest absolute Gasteiger partial charge is 0.349 e. The van der Waals surface area contributed by atoms with Gasteiger partial charge in [0.2, 0.25) is 15.9 Å². The lowest BCUT2D eigenvalue weighted by molar-refractivity contribution is -0.119. The molecule has 0 aliphatic heterocycles. The molecule has 1 aromatic heterocycles. The maximum absolute atomic E-state index is 12.0. The Morgan fingerprint density at radius 3 is 2.39 bits per heavy atom. The van der Waals surface area contributed by atoms with Crippen LogP contribution < -0.4 is 10.5 Å². The lowest BCUT2D eigenvalue weighted by atomic mass is 10.1. The molecule has 0 radical (unpaired) electrons. The van der Waals surface area contributed by atoms with Gasteiger partial charge < -0.3 is 5.32 Å². The number of primary sulfonamides is 1. The molecule has 0 aliphatic rings. The van der Waals surface area contributed by atoms with E-state index in [0.717, 1.165) is 10.5 Å². The number of carbonyl (C=O) groups excluding carboxylic acids is 1. The van der Waals surface area contributed by atoms with Crippen LogP contribution in [0.2, 0.25) is 0 Å². The van der Waals surface area contributed by atoms with Crippen molar-refractivity contribution in [3.63, 3.8) is 0 Å². The van der Waals surface area contributed by atoms with Gasteiger partial charge in [0.05, 0.1) is 16.7 Å². The number of nitrogens with zero attached hydrogens (tertiary/aromatic N) is 1.